The van der Waals surface area contributed by atoms with E-state index in [-0.39, 0.29) is 11.7 Å². The Labute approximate surface area is 171 Å². The van der Waals surface area contributed by atoms with Crippen LogP contribution in [-0.2, 0) is 6.18 Å². The van der Waals surface area contributed by atoms with E-state index in [9.17, 15) is 18.0 Å². The average molecular weight is 429 g/mol. The molecule has 0 aliphatic rings. The first-order valence-corrected chi connectivity index (χ1v) is 9.08. The number of benzene rings is 2. The lowest BCUT2D eigenvalue weighted by Gasteiger charge is -2.17. The molecule has 0 saturated carbocycles. The molecule has 156 valence electrons. The lowest BCUT2D eigenvalue weighted by Crippen LogP contribution is -2.18. The third-order valence-electron chi connectivity index (χ3n) is 3.98. The molecule has 0 saturated heterocycles. The summed E-state index contributed by atoms with van der Waals surface area (Å²) in [5, 5.41) is 4.07. The molecule has 0 bridgehead atoms. The first-order chi connectivity index (χ1) is 13.7. The number of nitrogens with zero attached hydrogens (tertiary/aromatic N) is 1. The van der Waals surface area contributed by atoms with Crippen LogP contribution in [0.5, 0.6) is 11.5 Å². The molecule has 2 aromatic rings. The number of amides is 1. The van der Waals surface area contributed by atoms with E-state index in [1.807, 2.05) is 13.8 Å². The van der Waals surface area contributed by atoms with Crippen LogP contribution in [0.3, 0.4) is 0 Å². The molecule has 1 N–H and O–H groups in total. The van der Waals surface area contributed by atoms with E-state index in [0.717, 1.165) is 24.6 Å². The van der Waals surface area contributed by atoms with Gasteiger partial charge in [0.05, 0.1) is 30.0 Å². The van der Waals surface area contributed by atoms with Gasteiger partial charge in [0.15, 0.2) is 11.5 Å². The number of hydrogen-bond acceptors (Lipinski definition) is 4. The number of rotatable bonds is 7. The van der Waals surface area contributed by atoms with Crippen LogP contribution in [-0.4, -0.2) is 25.3 Å². The number of carbonyl (C=O) groups excluding carboxylic acids is 1. The topological polar surface area (TPSA) is 59.9 Å². The van der Waals surface area contributed by atoms with Crippen LogP contribution in [0.4, 0.5) is 13.2 Å². The molecule has 29 heavy (non-hydrogen) atoms. The van der Waals surface area contributed by atoms with Crippen molar-refractivity contribution < 1.29 is 27.4 Å². The molecule has 0 radical (unpaired) electrons. The van der Waals surface area contributed by atoms with Crippen molar-refractivity contribution >= 4 is 23.7 Å². The highest BCUT2D eigenvalue weighted by Gasteiger charge is 2.30. The number of alkyl halides is 3. The first-order valence-electron chi connectivity index (χ1n) is 8.70. The summed E-state index contributed by atoms with van der Waals surface area (Å²) in [6, 6.07) is 7.25. The molecule has 2 aromatic carbocycles. The van der Waals surface area contributed by atoms with Crippen LogP contribution in [0.25, 0.3) is 0 Å². The average Bonchev–Trinajstić information content (AvgIpc) is 2.68. The number of carbonyl (C=O) groups is 1. The van der Waals surface area contributed by atoms with Crippen molar-refractivity contribution in [3.8, 4) is 11.5 Å². The highest BCUT2D eigenvalue weighted by molar-refractivity contribution is 6.32. The molecule has 0 aliphatic heterocycles. The van der Waals surface area contributed by atoms with Gasteiger partial charge in [-0.3, -0.25) is 4.79 Å². The largest absolute Gasteiger partial charge is 0.493 e. The summed E-state index contributed by atoms with van der Waals surface area (Å²) in [5.74, 6) is 0.0132. The monoisotopic (exact) mass is 428 g/mol. The standard InChI is InChI=1S/C20H20ClF3N2O3/c1-4-12(2)29-18-16(21)8-13(9-17(18)28-3)11-25-26-19(27)14-6-5-7-15(10-14)20(22,23)24/h5-12H,4H2,1-3H3,(H,26,27). The molecule has 1 atom stereocenters. The maximum Gasteiger partial charge on any atom is 0.416 e. The van der Waals surface area contributed by atoms with E-state index in [1.165, 1.54) is 19.4 Å². The molecule has 1 unspecified atom stereocenters. The summed E-state index contributed by atoms with van der Waals surface area (Å²) < 4.78 is 49.3. The maximum absolute atomic E-state index is 12.8. The molecule has 1 amide bonds. The van der Waals surface area contributed by atoms with Crippen LogP contribution < -0.4 is 14.9 Å². The van der Waals surface area contributed by atoms with Gasteiger partial charge < -0.3 is 9.47 Å². The zero-order valence-electron chi connectivity index (χ0n) is 16.0. The quantitative estimate of drug-likeness (QED) is 0.480. The van der Waals surface area contributed by atoms with Crippen molar-refractivity contribution in [1.82, 2.24) is 5.43 Å². The minimum absolute atomic E-state index is 0.0623. The predicted octanol–water partition coefficient (Wildman–Crippen LogP) is 5.31. The fourth-order valence-electron chi connectivity index (χ4n) is 2.28. The Balaban J connectivity index is 2.14. The predicted molar refractivity (Wildman–Crippen MR) is 105 cm³/mol. The lowest BCUT2D eigenvalue weighted by atomic mass is 10.1. The van der Waals surface area contributed by atoms with E-state index in [1.54, 1.807) is 12.1 Å². The van der Waals surface area contributed by atoms with Gasteiger partial charge in [0, 0.05) is 5.56 Å². The van der Waals surface area contributed by atoms with Crippen LogP contribution >= 0.6 is 11.6 Å². The molecule has 5 nitrogen and oxygen atoms in total. The van der Waals surface area contributed by atoms with E-state index >= 15 is 0 Å². The van der Waals surface area contributed by atoms with Crippen LogP contribution in [0, 0.1) is 0 Å². The smallest absolute Gasteiger partial charge is 0.416 e. The Hall–Kier alpha value is -2.74. The second kappa shape index (κ2) is 9.65. The molecule has 0 fully saturated rings. The second-order valence-electron chi connectivity index (χ2n) is 6.15. The highest BCUT2D eigenvalue weighted by atomic mass is 35.5. The van der Waals surface area contributed by atoms with Crippen molar-refractivity contribution in [2.24, 2.45) is 5.10 Å². The summed E-state index contributed by atoms with van der Waals surface area (Å²) in [6.45, 7) is 3.87. The number of nitrogens with one attached hydrogen (secondary N) is 1. The minimum Gasteiger partial charge on any atom is -0.493 e. The summed E-state index contributed by atoms with van der Waals surface area (Å²) in [6.07, 6.45) is -2.52. The van der Waals surface area contributed by atoms with Gasteiger partial charge in [-0.2, -0.15) is 18.3 Å². The number of hydrazone groups is 1. The number of methoxy groups -OCH3 is 1. The van der Waals surface area contributed by atoms with Crippen molar-refractivity contribution in [2.75, 3.05) is 7.11 Å². The summed E-state index contributed by atoms with van der Waals surface area (Å²) in [4.78, 5) is 12.0. The Kier molecular flexibility index (Phi) is 7.50. The molecule has 0 aliphatic carbocycles. The Bertz CT molecular complexity index is 901. The third kappa shape index (κ3) is 6.12. The zero-order valence-corrected chi connectivity index (χ0v) is 16.8. The molecule has 9 heteroatoms. The second-order valence-corrected chi connectivity index (χ2v) is 6.56. The Morgan fingerprint density at radius 2 is 2.03 bits per heavy atom. The van der Waals surface area contributed by atoms with Crippen molar-refractivity contribution in [3.63, 3.8) is 0 Å². The van der Waals surface area contributed by atoms with E-state index < -0.39 is 17.6 Å². The van der Waals surface area contributed by atoms with Gasteiger partial charge >= 0.3 is 6.18 Å². The van der Waals surface area contributed by atoms with Crippen LogP contribution in [0.15, 0.2) is 41.5 Å². The molecule has 2 rings (SSSR count). The van der Waals surface area contributed by atoms with E-state index in [0.29, 0.717) is 22.1 Å². The fraction of sp³-hybridized carbons (Fsp3) is 0.300. The Morgan fingerprint density at radius 3 is 2.66 bits per heavy atom. The molecular formula is C20H20ClF3N2O3. The van der Waals surface area contributed by atoms with Crippen molar-refractivity contribution in [1.29, 1.82) is 0 Å². The van der Waals surface area contributed by atoms with Crippen LogP contribution in [0.1, 0.15) is 41.8 Å². The number of halogens is 4. The first kappa shape index (κ1) is 22.5. The third-order valence-corrected chi connectivity index (χ3v) is 4.26. The van der Waals surface area contributed by atoms with Gasteiger partial charge in [0.1, 0.15) is 0 Å². The van der Waals surface area contributed by atoms with Gasteiger partial charge in [0.25, 0.3) is 5.91 Å². The van der Waals surface area contributed by atoms with Gasteiger partial charge in [0.2, 0.25) is 0 Å². The molecule has 0 aromatic heterocycles. The molecular weight excluding hydrogens is 409 g/mol. The number of ether oxygens (including phenoxy) is 2. The van der Waals surface area contributed by atoms with Gasteiger partial charge in [-0.1, -0.05) is 24.6 Å². The molecule has 0 spiro atoms. The van der Waals surface area contributed by atoms with Gasteiger partial charge in [-0.05, 0) is 49.2 Å². The fourth-order valence-corrected chi connectivity index (χ4v) is 2.54. The van der Waals surface area contributed by atoms with Crippen LogP contribution in [0.2, 0.25) is 5.02 Å². The van der Waals surface area contributed by atoms with Gasteiger partial charge in [-0.25, -0.2) is 5.43 Å². The van der Waals surface area contributed by atoms with E-state index in [2.05, 4.69) is 10.5 Å². The Morgan fingerprint density at radius 1 is 1.31 bits per heavy atom. The number of hydrogen-bond donors (Lipinski definition) is 1. The van der Waals surface area contributed by atoms with Crippen molar-refractivity contribution in [2.45, 2.75) is 32.5 Å². The zero-order chi connectivity index (χ0) is 21.6. The highest BCUT2D eigenvalue weighted by Crippen LogP contribution is 2.37. The normalized spacial score (nSPS) is 12.7. The summed E-state index contributed by atoms with van der Waals surface area (Å²) in [5.41, 5.74) is 1.62. The van der Waals surface area contributed by atoms with Crippen molar-refractivity contribution in [3.05, 3.63) is 58.1 Å². The molecule has 0 heterocycles. The summed E-state index contributed by atoms with van der Waals surface area (Å²) in [7, 11) is 1.46. The van der Waals surface area contributed by atoms with E-state index in [4.69, 9.17) is 21.1 Å². The summed E-state index contributed by atoms with van der Waals surface area (Å²) >= 11 is 6.25. The van der Waals surface area contributed by atoms with Gasteiger partial charge in [-0.15, -0.1) is 0 Å². The lowest BCUT2D eigenvalue weighted by molar-refractivity contribution is -0.137. The SMILES string of the molecule is CCC(C)Oc1c(Cl)cc(C=NNC(=O)c2cccc(C(F)(F)F)c2)cc1OC. The minimum atomic E-state index is -4.54. The maximum atomic E-state index is 12.8.